The van der Waals surface area contributed by atoms with Crippen molar-refractivity contribution in [3.05, 3.63) is 36.5 Å². The fraction of sp³-hybridized carbons (Fsp3) is 0.692. The number of carbonyl (C=O) groups is 2. The van der Waals surface area contributed by atoms with Gasteiger partial charge in [-0.2, -0.15) is 0 Å². The minimum absolute atomic E-state index is 0.0353. The van der Waals surface area contributed by atoms with Crippen LogP contribution in [0.15, 0.2) is 36.5 Å². The van der Waals surface area contributed by atoms with Crippen molar-refractivity contribution in [1.82, 2.24) is 0 Å². The van der Waals surface area contributed by atoms with Gasteiger partial charge in [-0.25, -0.2) is 0 Å². The lowest BCUT2D eigenvalue weighted by Crippen LogP contribution is -2.46. The zero-order chi connectivity index (χ0) is 25.6. The molecule has 0 aromatic rings. The lowest BCUT2D eigenvalue weighted by atomic mass is 9.89. The van der Waals surface area contributed by atoms with E-state index < -0.39 is 38.2 Å². The molecule has 0 aliphatic carbocycles. The van der Waals surface area contributed by atoms with E-state index in [9.17, 15) is 14.7 Å². The van der Waals surface area contributed by atoms with E-state index in [0.29, 0.717) is 12.8 Å². The van der Waals surface area contributed by atoms with Crippen LogP contribution in [0.25, 0.3) is 0 Å². The second-order valence-electron chi connectivity index (χ2n) is 10.9. The number of aliphatic hydroxyl groups is 1. The number of hydrogen-bond acceptors (Lipinski definition) is 6. The van der Waals surface area contributed by atoms with Crippen LogP contribution in [-0.4, -0.2) is 49.3 Å². The maximum Gasteiger partial charge on any atom is 0.308 e. The van der Waals surface area contributed by atoms with Gasteiger partial charge in [-0.05, 0) is 56.5 Å². The Morgan fingerprint density at radius 3 is 2.42 bits per heavy atom. The van der Waals surface area contributed by atoms with Crippen molar-refractivity contribution in [2.45, 2.75) is 110 Å². The monoisotopic (exact) mass is 480 g/mol. The third-order valence-corrected chi connectivity index (χ3v) is 11.2. The predicted molar refractivity (Wildman–Crippen MR) is 134 cm³/mol. The summed E-state index contributed by atoms with van der Waals surface area (Å²) in [5.74, 6) is -1.01. The number of ether oxygens (including phenoxy) is 2. The maximum atomic E-state index is 13.0. The second-order valence-corrected chi connectivity index (χ2v) is 15.7. The molecule has 1 aliphatic rings. The van der Waals surface area contributed by atoms with E-state index in [1.807, 2.05) is 26.0 Å². The SMILES string of the molecule is C=C/C=C(\C)[C@H]1OC(=O)C[C@H](O[Si](C)(C)C(C)(C)C)CC[C@@](C)(O)[C@@H](OC(C)=O)/C=C\[C@@H]1C. The summed E-state index contributed by atoms with van der Waals surface area (Å²) in [6, 6.07) is 0. The third kappa shape index (κ3) is 8.87. The Hall–Kier alpha value is -1.70. The van der Waals surface area contributed by atoms with E-state index in [1.54, 1.807) is 19.1 Å². The van der Waals surface area contributed by atoms with Crippen molar-refractivity contribution in [3.8, 4) is 0 Å². The minimum Gasteiger partial charge on any atom is -0.457 e. The van der Waals surface area contributed by atoms with E-state index in [2.05, 4.69) is 40.4 Å². The molecular weight excluding hydrogens is 436 g/mol. The van der Waals surface area contributed by atoms with Crippen LogP contribution in [-0.2, 0) is 23.5 Å². The molecule has 0 spiro atoms. The summed E-state index contributed by atoms with van der Waals surface area (Å²) < 4.78 is 17.9. The molecule has 7 heteroatoms. The smallest absolute Gasteiger partial charge is 0.308 e. The first-order valence-corrected chi connectivity index (χ1v) is 14.7. The summed E-state index contributed by atoms with van der Waals surface area (Å²) in [5.41, 5.74) is -0.466. The lowest BCUT2D eigenvalue weighted by Gasteiger charge is -2.40. The van der Waals surface area contributed by atoms with Gasteiger partial charge in [0.25, 0.3) is 0 Å². The van der Waals surface area contributed by atoms with Crippen molar-refractivity contribution in [1.29, 1.82) is 0 Å². The fourth-order valence-corrected chi connectivity index (χ4v) is 4.98. The van der Waals surface area contributed by atoms with Crippen LogP contribution >= 0.6 is 0 Å². The molecule has 0 aromatic heterocycles. The van der Waals surface area contributed by atoms with Crippen LogP contribution in [0.4, 0.5) is 0 Å². The maximum absolute atomic E-state index is 13.0. The molecule has 1 rings (SSSR count). The third-order valence-electron chi connectivity index (χ3n) is 6.70. The van der Waals surface area contributed by atoms with Gasteiger partial charge in [-0.1, -0.05) is 52.5 Å². The van der Waals surface area contributed by atoms with Crippen molar-refractivity contribution < 1.29 is 28.6 Å². The molecule has 0 bridgehead atoms. The first-order valence-electron chi connectivity index (χ1n) is 11.7. The highest BCUT2D eigenvalue weighted by atomic mass is 28.4. The summed E-state index contributed by atoms with van der Waals surface area (Å²) in [7, 11) is -2.18. The van der Waals surface area contributed by atoms with E-state index in [1.165, 1.54) is 6.92 Å². The lowest BCUT2D eigenvalue weighted by molar-refractivity contribution is -0.157. The van der Waals surface area contributed by atoms with Gasteiger partial charge in [-0.15, -0.1) is 0 Å². The molecule has 0 saturated carbocycles. The molecule has 0 saturated heterocycles. The van der Waals surface area contributed by atoms with Crippen LogP contribution in [0.3, 0.4) is 0 Å². The molecule has 5 atom stereocenters. The van der Waals surface area contributed by atoms with Crippen LogP contribution in [0.5, 0.6) is 0 Å². The Morgan fingerprint density at radius 2 is 1.91 bits per heavy atom. The highest BCUT2D eigenvalue weighted by molar-refractivity contribution is 6.74. The van der Waals surface area contributed by atoms with Crippen LogP contribution in [0.2, 0.25) is 18.1 Å². The average molecular weight is 481 g/mol. The van der Waals surface area contributed by atoms with E-state index in [4.69, 9.17) is 13.9 Å². The van der Waals surface area contributed by atoms with Crippen molar-refractivity contribution >= 4 is 20.3 Å². The summed E-state index contributed by atoms with van der Waals surface area (Å²) in [6.07, 6.45) is 6.07. The fourth-order valence-electron chi connectivity index (χ4n) is 3.59. The molecule has 0 radical (unpaired) electrons. The zero-order valence-electron chi connectivity index (χ0n) is 21.9. The van der Waals surface area contributed by atoms with Gasteiger partial charge >= 0.3 is 11.9 Å². The molecule has 0 amide bonds. The van der Waals surface area contributed by atoms with Gasteiger partial charge in [0.2, 0.25) is 0 Å². The second kappa shape index (κ2) is 11.6. The highest BCUT2D eigenvalue weighted by Crippen LogP contribution is 2.39. The summed E-state index contributed by atoms with van der Waals surface area (Å²) in [5, 5.41) is 11.2. The summed E-state index contributed by atoms with van der Waals surface area (Å²) in [6.45, 7) is 21.2. The molecule has 0 fully saturated rings. The van der Waals surface area contributed by atoms with Crippen LogP contribution < -0.4 is 0 Å². The van der Waals surface area contributed by atoms with Gasteiger partial charge < -0.3 is 19.0 Å². The summed E-state index contributed by atoms with van der Waals surface area (Å²) in [4.78, 5) is 24.7. The Labute approximate surface area is 201 Å². The van der Waals surface area contributed by atoms with Gasteiger partial charge in [-0.3, -0.25) is 9.59 Å². The Bertz CT molecular complexity index is 759. The van der Waals surface area contributed by atoms with Crippen molar-refractivity contribution in [3.63, 3.8) is 0 Å². The van der Waals surface area contributed by atoms with Crippen molar-refractivity contribution in [2.24, 2.45) is 5.92 Å². The molecule has 0 unspecified atom stereocenters. The molecule has 1 N–H and O–H groups in total. The Balaban J connectivity index is 3.41. The largest absolute Gasteiger partial charge is 0.457 e. The number of hydrogen-bond donors (Lipinski definition) is 1. The van der Waals surface area contributed by atoms with Gasteiger partial charge in [0.15, 0.2) is 8.32 Å². The quantitative estimate of drug-likeness (QED) is 0.243. The molecule has 188 valence electrons. The van der Waals surface area contributed by atoms with E-state index in [-0.39, 0.29) is 23.3 Å². The first kappa shape index (κ1) is 29.3. The molecule has 6 nitrogen and oxygen atoms in total. The van der Waals surface area contributed by atoms with Gasteiger partial charge in [0, 0.05) is 12.8 Å². The number of allylic oxidation sites excluding steroid dienone is 2. The van der Waals surface area contributed by atoms with E-state index >= 15 is 0 Å². The molecule has 0 aromatic carbocycles. The topological polar surface area (TPSA) is 82.1 Å². The molecule has 1 aliphatic heterocycles. The first-order chi connectivity index (χ1) is 15.0. The molecule has 1 heterocycles. The average Bonchev–Trinajstić information content (AvgIpc) is 2.65. The number of carbonyl (C=O) groups excluding carboxylic acids is 2. The Kier molecular flexibility index (Phi) is 10.3. The van der Waals surface area contributed by atoms with Crippen molar-refractivity contribution in [2.75, 3.05) is 0 Å². The minimum atomic E-state index is -2.18. The molecular formula is C26H44O6Si. The van der Waals surface area contributed by atoms with Crippen LogP contribution in [0, 0.1) is 5.92 Å². The predicted octanol–water partition coefficient (Wildman–Crippen LogP) is 5.48. The highest BCUT2D eigenvalue weighted by Gasteiger charge is 2.41. The van der Waals surface area contributed by atoms with Gasteiger partial charge in [0.1, 0.15) is 17.8 Å². The zero-order valence-corrected chi connectivity index (χ0v) is 22.9. The number of rotatable bonds is 5. The van der Waals surface area contributed by atoms with Crippen LogP contribution in [0.1, 0.15) is 67.7 Å². The number of cyclic esters (lactones) is 1. The van der Waals surface area contributed by atoms with Gasteiger partial charge in [0.05, 0.1) is 12.5 Å². The standard InChI is InChI=1S/C26H44O6Si/c1-11-12-18(2)24-19(3)13-14-22(30-20(4)27)26(8,29)16-15-21(17-23(28)31-24)32-33(9,10)25(5,6)7/h11-14,19,21-22,24,29H,1,15-17H2,2-10H3/b14-13-,18-12+/t19-,21+,22-,24+,26+/m0/s1. The molecule has 33 heavy (non-hydrogen) atoms. The Morgan fingerprint density at radius 1 is 1.30 bits per heavy atom. The van der Waals surface area contributed by atoms with E-state index in [0.717, 1.165) is 5.57 Å². The normalized spacial score (nSPS) is 31.6. The number of esters is 2. The summed E-state index contributed by atoms with van der Waals surface area (Å²) >= 11 is 0.